The van der Waals surface area contributed by atoms with Crippen molar-refractivity contribution in [2.24, 2.45) is 0 Å². The maximum atomic E-state index is 6.68. The number of imidazole rings is 1. The van der Waals surface area contributed by atoms with Crippen LogP contribution in [0, 0.1) is 20.2 Å². The van der Waals surface area contributed by atoms with E-state index in [0.29, 0.717) is 11.5 Å². The van der Waals surface area contributed by atoms with Crippen molar-refractivity contribution in [2.75, 3.05) is 4.81 Å². The Hall–Kier alpha value is -7.58. The van der Waals surface area contributed by atoms with Crippen LogP contribution in [0.25, 0.3) is 49.9 Å². The number of hydrogen-bond donors (Lipinski definition) is 0. The van der Waals surface area contributed by atoms with Crippen LogP contribution >= 0.6 is 0 Å². The monoisotopic (exact) mass is 749 g/mol. The summed E-state index contributed by atoms with van der Waals surface area (Å²) in [6, 6.07) is 60.7. The zero-order valence-electron chi connectivity index (χ0n) is 32.0. The van der Waals surface area contributed by atoms with Crippen molar-refractivity contribution in [1.82, 2.24) is 14.1 Å². The van der Waals surface area contributed by atoms with Gasteiger partial charge in [-0.1, -0.05) is 114 Å². The molecule has 8 heteroatoms. The molecule has 0 saturated heterocycles. The minimum absolute atomic E-state index is 0.367. The second-order valence-electron chi connectivity index (χ2n) is 14.7. The quantitative estimate of drug-likeness (QED) is 0.0925. The van der Waals surface area contributed by atoms with E-state index in [1.807, 2.05) is 54.7 Å². The topological polar surface area (TPSA) is 48.3 Å². The van der Waals surface area contributed by atoms with Crippen molar-refractivity contribution >= 4 is 56.9 Å². The Balaban J connectivity index is 0.995. The Kier molecular flexibility index (Phi) is 7.89. The molecule has 11 rings (SSSR count). The molecule has 4 heterocycles. The summed E-state index contributed by atoms with van der Waals surface area (Å²) in [6.45, 7) is 4.26. The van der Waals surface area contributed by atoms with Gasteiger partial charge >= 0.3 is 7.05 Å². The molecule has 7 aromatic carbocycles. The second kappa shape index (κ2) is 13.6. The fourth-order valence-corrected chi connectivity index (χ4v) is 8.57. The van der Waals surface area contributed by atoms with Gasteiger partial charge in [-0.3, -0.25) is 9.13 Å². The summed E-state index contributed by atoms with van der Waals surface area (Å²) in [6.07, 6.45) is 5.57. The minimum Gasteiger partial charge on any atom is -0.536 e. The molecule has 0 saturated carbocycles. The number of fused-ring (bicyclic) bond motifs is 5. The molecule has 0 unspecified atom stereocenters. The van der Waals surface area contributed by atoms with E-state index in [-0.39, 0.29) is 7.05 Å². The first kappa shape index (κ1) is 33.7. The molecular formula is C50H36BN5O2. The molecule has 3 aromatic heterocycles. The SMILES string of the molecule is Cc1cccc(C)c1B1Oc2ccc(Oc3cccc(-n4[c-][n+](-c5cccc6c7ccccc7n(-c7ccccc7)c56)c5ccccc54)c3)cc2N1c1ccccn1. The van der Waals surface area contributed by atoms with Gasteiger partial charge in [-0.25, -0.2) is 4.98 Å². The van der Waals surface area contributed by atoms with Gasteiger partial charge in [-0.15, -0.1) is 0 Å². The van der Waals surface area contributed by atoms with E-state index in [1.54, 1.807) is 0 Å². The van der Waals surface area contributed by atoms with Crippen molar-refractivity contribution < 1.29 is 14.0 Å². The molecule has 276 valence electrons. The number of anilines is 2. The predicted octanol–water partition coefficient (Wildman–Crippen LogP) is 10.5. The van der Waals surface area contributed by atoms with E-state index in [4.69, 9.17) is 14.4 Å². The van der Waals surface area contributed by atoms with E-state index < -0.39 is 0 Å². The highest BCUT2D eigenvalue weighted by Gasteiger charge is 2.42. The zero-order chi connectivity index (χ0) is 38.7. The summed E-state index contributed by atoms with van der Waals surface area (Å²) >= 11 is 0. The summed E-state index contributed by atoms with van der Waals surface area (Å²) in [7, 11) is -0.367. The molecule has 7 nitrogen and oxygen atoms in total. The molecule has 0 spiro atoms. The molecule has 0 fully saturated rings. The number of aryl methyl sites for hydroxylation is 2. The van der Waals surface area contributed by atoms with Crippen molar-refractivity contribution in [3.05, 3.63) is 200 Å². The van der Waals surface area contributed by atoms with Crippen molar-refractivity contribution in [3.63, 3.8) is 0 Å². The summed E-state index contributed by atoms with van der Waals surface area (Å²) < 4.78 is 20.0. The maximum Gasteiger partial charge on any atom is 0.526 e. The molecule has 58 heavy (non-hydrogen) atoms. The van der Waals surface area contributed by atoms with Crippen LogP contribution in [-0.2, 0) is 0 Å². The molecule has 0 amide bonds. The van der Waals surface area contributed by atoms with Gasteiger partial charge < -0.3 is 18.8 Å². The largest absolute Gasteiger partial charge is 0.536 e. The Labute approximate surface area is 336 Å². The molecule has 0 aliphatic carbocycles. The molecule has 0 radical (unpaired) electrons. The van der Waals surface area contributed by atoms with Gasteiger partial charge in [0.15, 0.2) is 0 Å². The van der Waals surface area contributed by atoms with Crippen LogP contribution in [0.4, 0.5) is 11.5 Å². The number of pyridine rings is 1. The Morgan fingerprint density at radius 2 is 1.33 bits per heavy atom. The number of para-hydroxylation sites is 5. The lowest BCUT2D eigenvalue weighted by Gasteiger charge is -2.23. The van der Waals surface area contributed by atoms with Crippen LogP contribution in [0.3, 0.4) is 0 Å². The molecule has 10 aromatic rings. The molecular weight excluding hydrogens is 713 g/mol. The molecule has 1 aliphatic heterocycles. The van der Waals surface area contributed by atoms with Gasteiger partial charge in [0.1, 0.15) is 23.1 Å². The minimum atomic E-state index is -0.367. The standard InChI is InChI=1S/C50H36BN5O2/c1-34-15-12-16-35(2)49(34)51-56(48-27-10-11-30-52-48)46-32-39(28-29-47(46)58-51)57-38-20-13-19-37(31-38)53-33-54(44-25-9-8-24-43(44)53)45-26-14-22-41-40-21-6-7-23-42(40)55(50(41)45)36-17-4-3-5-18-36/h3-32H,1-2H3. The third-order valence-corrected chi connectivity index (χ3v) is 11.2. The van der Waals surface area contributed by atoms with Crippen LogP contribution in [0.1, 0.15) is 11.1 Å². The average Bonchev–Trinajstić information content (AvgIpc) is 3.94. The summed E-state index contributed by atoms with van der Waals surface area (Å²) in [5, 5.41) is 2.39. The summed E-state index contributed by atoms with van der Waals surface area (Å²) in [4.78, 5) is 6.90. The summed E-state index contributed by atoms with van der Waals surface area (Å²) in [5.41, 5.74) is 11.8. The van der Waals surface area contributed by atoms with Gasteiger partial charge in [0.05, 0.1) is 39.1 Å². The first-order valence-electron chi connectivity index (χ1n) is 19.5. The molecule has 0 atom stereocenters. The van der Waals surface area contributed by atoms with Gasteiger partial charge in [-0.2, -0.15) is 0 Å². The molecule has 0 N–H and O–H groups in total. The third-order valence-electron chi connectivity index (χ3n) is 11.2. The first-order chi connectivity index (χ1) is 28.6. The summed E-state index contributed by atoms with van der Waals surface area (Å²) in [5.74, 6) is 2.98. The fraction of sp³-hybridized carbons (Fsp3) is 0.0400. The number of nitrogens with zero attached hydrogens (tertiary/aromatic N) is 5. The Bertz CT molecular complexity index is 3160. The van der Waals surface area contributed by atoms with E-state index in [9.17, 15) is 0 Å². The third kappa shape index (κ3) is 5.45. The highest BCUT2D eigenvalue weighted by atomic mass is 16.5. The lowest BCUT2D eigenvalue weighted by Crippen LogP contribution is -2.49. The van der Waals surface area contributed by atoms with Gasteiger partial charge in [0, 0.05) is 28.7 Å². The lowest BCUT2D eigenvalue weighted by molar-refractivity contribution is -0.571. The zero-order valence-corrected chi connectivity index (χ0v) is 32.0. The Morgan fingerprint density at radius 3 is 2.17 bits per heavy atom. The van der Waals surface area contributed by atoms with Gasteiger partial charge in [0.25, 0.3) is 6.33 Å². The Morgan fingerprint density at radius 1 is 0.621 bits per heavy atom. The van der Waals surface area contributed by atoms with Crippen LogP contribution in [0.15, 0.2) is 182 Å². The van der Waals surface area contributed by atoms with E-state index >= 15 is 0 Å². The lowest BCUT2D eigenvalue weighted by atomic mass is 9.67. The number of aromatic nitrogens is 4. The smallest absolute Gasteiger partial charge is 0.526 e. The van der Waals surface area contributed by atoms with E-state index in [2.05, 4.69) is 166 Å². The van der Waals surface area contributed by atoms with Crippen LogP contribution in [-0.4, -0.2) is 21.2 Å². The number of rotatable bonds is 7. The molecule has 0 bridgehead atoms. The predicted molar refractivity (Wildman–Crippen MR) is 233 cm³/mol. The normalized spacial score (nSPS) is 12.4. The highest BCUT2D eigenvalue weighted by Crippen LogP contribution is 2.43. The van der Waals surface area contributed by atoms with E-state index in [0.717, 1.165) is 73.0 Å². The maximum absolute atomic E-state index is 6.68. The van der Waals surface area contributed by atoms with Crippen molar-refractivity contribution in [3.8, 4) is 34.3 Å². The number of hydrogen-bond acceptors (Lipinski definition) is 4. The van der Waals surface area contributed by atoms with Crippen molar-refractivity contribution in [2.45, 2.75) is 13.8 Å². The fourth-order valence-electron chi connectivity index (χ4n) is 8.57. The van der Waals surface area contributed by atoms with Crippen LogP contribution in [0.2, 0.25) is 0 Å². The van der Waals surface area contributed by atoms with Crippen molar-refractivity contribution in [1.29, 1.82) is 0 Å². The van der Waals surface area contributed by atoms with Crippen LogP contribution < -0.4 is 24.2 Å². The molecule has 1 aliphatic rings. The van der Waals surface area contributed by atoms with Gasteiger partial charge in [0.2, 0.25) is 0 Å². The number of benzene rings is 7. The second-order valence-corrected chi connectivity index (χ2v) is 14.7. The highest BCUT2D eigenvalue weighted by molar-refractivity contribution is 6.75. The average molecular weight is 750 g/mol. The number of ether oxygens (including phenoxy) is 1. The van der Waals surface area contributed by atoms with Crippen LogP contribution in [0.5, 0.6) is 17.2 Å². The van der Waals surface area contributed by atoms with E-state index in [1.165, 1.54) is 10.8 Å². The first-order valence-corrected chi connectivity index (χ1v) is 19.5. The van der Waals surface area contributed by atoms with Gasteiger partial charge in [-0.05, 0) is 86.0 Å².